The molecule has 1 heterocycles. The summed E-state index contributed by atoms with van der Waals surface area (Å²) in [6, 6.07) is 5.40. The van der Waals surface area contributed by atoms with Gasteiger partial charge in [-0.05, 0) is 29.6 Å². The fourth-order valence-electron chi connectivity index (χ4n) is 2.10. The van der Waals surface area contributed by atoms with E-state index < -0.39 is 29.7 Å². The van der Waals surface area contributed by atoms with E-state index >= 15 is 0 Å². The summed E-state index contributed by atoms with van der Waals surface area (Å²) >= 11 is 4.16. The van der Waals surface area contributed by atoms with Gasteiger partial charge in [-0.15, -0.1) is 11.3 Å². The number of amides is 3. The lowest BCUT2D eigenvalue weighted by atomic mass is 10.1. The molecule has 10 heteroatoms. The highest BCUT2D eigenvalue weighted by molar-refractivity contribution is 9.10. The van der Waals surface area contributed by atoms with E-state index in [2.05, 4.69) is 26.6 Å². The van der Waals surface area contributed by atoms with Gasteiger partial charge in [0.25, 0.3) is 0 Å². The van der Waals surface area contributed by atoms with Crippen LogP contribution in [0.15, 0.2) is 40.2 Å². The van der Waals surface area contributed by atoms with Crippen molar-refractivity contribution in [1.82, 2.24) is 5.32 Å². The number of carbonyl (C=O) groups is 2. The molecule has 0 aliphatic heterocycles. The zero-order valence-corrected chi connectivity index (χ0v) is 15.0. The molecule has 0 saturated carbocycles. The third-order valence-electron chi connectivity index (χ3n) is 3.15. The molecule has 2 rings (SSSR count). The number of nitrogens with one attached hydrogen (secondary N) is 2. The van der Waals surface area contributed by atoms with Gasteiger partial charge in [-0.2, -0.15) is 13.2 Å². The van der Waals surface area contributed by atoms with Crippen LogP contribution < -0.4 is 16.4 Å². The first-order valence-electron chi connectivity index (χ1n) is 6.93. The SMILES string of the molecule is NC(=O)NC(CC(=O)Nc1ccc(Br)c(C(F)(F)F)c1)c1cccs1. The molecule has 0 fully saturated rings. The van der Waals surface area contributed by atoms with Gasteiger partial charge in [-0.1, -0.05) is 22.0 Å². The van der Waals surface area contributed by atoms with Crippen LogP contribution >= 0.6 is 27.3 Å². The van der Waals surface area contributed by atoms with Crippen molar-refractivity contribution in [1.29, 1.82) is 0 Å². The lowest BCUT2D eigenvalue weighted by Gasteiger charge is -2.16. The molecule has 0 radical (unpaired) electrons. The number of benzene rings is 1. The van der Waals surface area contributed by atoms with Crippen molar-refractivity contribution in [3.05, 3.63) is 50.6 Å². The van der Waals surface area contributed by atoms with Crippen molar-refractivity contribution in [3.8, 4) is 0 Å². The van der Waals surface area contributed by atoms with Crippen molar-refractivity contribution in [3.63, 3.8) is 0 Å². The second-order valence-corrected chi connectivity index (χ2v) is 6.85. The van der Waals surface area contributed by atoms with Crippen LogP contribution in [-0.4, -0.2) is 11.9 Å². The van der Waals surface area contributed by atoms with Crippen LogP contribution in [0, 0.1) is 0 Å². The molecule has 3 amide bonds. The zero-order chi connectivity index (χ0) is 18.6. The highest BCUT2D eigenvalue weighted by Crippen LogP contribution is 2.36. The van der Waals surface area contributed by atoms with Gasteiger partial charge in [0.05, 0.1) is 18.0 Å². The van der Waals surface area contributed by atoms with E-state index in [4.69, 9.17) is 5.73 Å². The van der Waals surface area contributed by atoms with Gasteiger partial charge in [-0.3, -0.25) is 4.79 Å². The summed E-state index contributed by atoms with van der Waals surface area (Å²) in [7, 11) is 0. The van der Waals surface area contributed by atoms with Crippen LogP contribution in [0.2, 0.25) is 0 Å². The van der Waals surface area contributed by atoms with E-state index in [9.17, 15) is 22.8 Å². The van der Waals surface area contributed by atoms with E-state index in [-0.39, 0.29) is 16.6 Å². The molecule has 0 bridgehead atoms. The minimum Gasteiger partial charge on any atom is -0.352 e. The third kappa shape index (κ3) is 5.46. The minimum absolute atomic E-state index is 0.00419. The van der Waals surface area contributed by atoms with Crippen molar-refractivity contribution in [2.45, 2.75) is 18.6 Å². The van der Waals surface area contributed by atoms with Crippen LogP contribution in [-0.2, 0) is 11.0 Å². The monoisotopic (exact) mass is 435 g/mol. The maximum absolute atomic E-state index is 12.9. The fourth-order valence-corrected chi connectivity index (χ4v) is 3.35. The normalized spacial score (nSPS) is 12.5. The van der Waals surface area contributed by atoms with Gasteiger partial charge in [-0.25, -0.2) is 4.79 Å². The first-order valence-corrected chi connectivity index (χ1v) is 8.60. The molecule has 4 N–H and O–H groups in total. The number of nitrogens with two attached hydrogens (primary N) is 1. The van der Waals surface area contributed by atoms with Crippen molar-refractivity contribution >= 4 is 44.9 Å². The van der Waals surface area contributed by atoms with E-state index in [0.29, 0.717) is 4.88 Å². The van der Waals surface area contributed by atoms with Gasteiger partial charge in [0.2, 0.25) is 5.91 Å². The summed E-state index contributed by atoms with van der Waals surface area (Å²) in [6.45, 7) is 0. The van der Waals surface area contributed by atoms with Crippen LogP contribution in [0.4, 0.5) is 23.7 Å². The van der Waals surface area contributed by atoms with Gasteiger partial charge in [0.1, 0.15) is 0 Å². The summed E-state index contributed by atoms with van der Waals surface area (Å²) in [5, 5.41) is 6.62. The van der Waals surface area contributed by atoms with Gasteiger partial charge < -0.3 is 16.4 Å². The zero-order valence-electron chi connectivity index (χ0n) is 12.6. The molecule has 1 aromatic heterocycles. The van der Waals surface area contributed by atoms with Crippen LogP contribution in [0.1, 0.15) is 22.9 Å². The Morgan fingerprint density at radius 3 is 2.56 bits per heavy atom. The predicted molar refractivity (Wildman–Crippen MR) is 92.2 cm³/mol. The summed E-state index contributed by atoms with van der Waals surface area (Å²) in [5.41, 5.74) is 4.22. The summed E-state index contributed by atoms with van der Waals surface area (Å²) in [4.78, 5) is 24.0. The summed E-state index contributed by atoms with van der Waals surface area (Å²) in [5.74, 6) is -0.553. The number of carbonyl (C=O) groups excluding carboxylic acids is 2. The number of urea groups is 1. The average molecular weight is 436 g/mol. The van der Waals surface area contributed by atoms with E-state index in [1.807, 2.05) is 0 Å². The Kier molecular flexibility index (Phi) is 6.07. The van der Waals surface area contributed by atoms with Crippen molar-refractivity contribution < 1.29 is 22.8 Å². The number of thiophene rings is 1. The molecule has 2 aromatic rings. The maximum Gasteiger partial charge on any atom is 0.417 e. The third-order valence-corrected chi connectivity index (χ3v) is 4.83. The van der Waals surface area contributed by atoms with E-state index in [1.165, 1.54) is 23.5 Å². The number of anilines is 1. The lowest BCUT2D eigenvalue weighted by molar-refractivity contribution is -0.138. The summed E-state index contributed by atoms with van der Waals surface area (Å²) < 4.78 is 38.6. The second kappa shape index (κ2) is 7.87. The number of hydrogen-bond acceptors (Lipinski definition) is 3. The molecule has 134 valence electrons. The molecule has 1 unspecified atom stereocenters. The largest absolute Gasteiger partial charge is 0.417 e. The standard InChI is InChI=1S/C15H13BrF3N3O2S/c16-10-4-3-8(6-9(10)15(17,18)19)21-13(23)7-11(22-14(20)24)12-2-1-5-25-12/h1-6,11H,7H2,(H,21,23)(H3,20,22,24). The number of rotatable bonds is 5. The van der Waals surface area contributed by atoms with Crippen molar-refractivity contribution in [2.24, 2.45) is 5.73 Å². The molecular weight excluding hydrogens is 423 g/mol. The lowest BCUT2D eigenvalue weighted by Crippen LogP contribution is -2.34. The van der Waals surface area contributed by atoms with Gasteiger partial charge in [0.15, 0.2) is 0 Å². The highest BCUT2D eigenvalue weighted by Gasteiger charge is 2.33. The molecule has 1 aromatic carbocycles. The number of hydrogen-bond donors (Lipinski definition) is 3. The first-order chi connectivity index (χ1) is 11.7. The smallest absolute Gasteiger partial charge is 0.352 e. The molecule has 0 aliphatic carbocycles. The van der Waals surface area contributed by atoms with Crippen LogP contribution in [0.3, 0.4) is 0 Å². The predicted octanol–water partition coefficient (Wildman–Crippen LogP) is 4.27. The number of halogens is 4. The quantitative estimate of drug-likeness (QED) is 0.654. The Bertz CT molecular complexity index is 766. The molecule has 25 heavy (non-hydrogen) atoms. The number of alkyl halides is 3. The summed E-state index contributed by atoms with van der Waals surface area (Å²) in [6.07, 6.45) is -4.71. The Morgan fingerprint density at radius 2 is 2.00 bits per heavy atom. The average Bonchev–Trinajstić information content (AvgIpc) is 3.01. The molecule has 1 atom stereocenters. The molecular formula is C15H13BrF3N3O2S. The minimum atomic E-state index is -4.55. The Balaban J connectivity index is 2.12. The Morgan fingerprint density at radius 1 is 1.28 bits per heavy atom. The molecule has 0 aliphatic rings. The fraction of sp³-hybridized carbons (Fsp3) is 0.200. The molecule has 5 nitrogen and oxygen atoms in total. The van der Waals surface area contributed by atoms with Gasteiger partial charge >= 0.3 is 12.2 Å². The Labute approximate surface area is 153 Å². The van der Waals surface area contributed by atoms with Crippen LogP contribution in [0.25, 0.3) is 0 Å². The van der Waals surface area contributed by atoms with Gasteiger partial charge in [0, 0.05) is 15.0 Å². The Hall–Kier alpha value is -2.07. The highest BCUT2D eigenvalue weighted by atomic mass is 79.9. The van der Waals surface area contributed by atoms with Crippen molar-refractivity contribution in [2.75, 3.05) is 5.32 Å². The molecule has 0 spiro atoms. The number of primary amides is 1. The maximum atomic E-state index is 12.9. The van der Waals surface area contributed by atoms with E-state index in [0.717, 1.165) is 6.07 Å². The molecule has 0 saturated heterocycles. The van der Waals surface area contributed by atoms with Crippen LogP contribution in [0.5, 0.6) is 0 Å². The van der Waals surface area contributed by atoms with E-state index in [1.54, 1.807) is 17.5 Å². The first kappa shape index (κ1) is 19.3. The topological polar surface area (TPSA) is 84.2 Å². The second-order valence-electron chi connectivity index (χ2n) is 5.02.